The molecule has 1 aliphatic rings. The number of hydrogen-bond acceptors (Lipinski definition) is 18. The van der Waals surface area contributed by atoms with Crippen molar-refractivity contribution >= 4 is 49.0 Å². The minimum Gasteiger partial charge on any atom is -0.726 e. The van der Waals surface area contributed by atoms with Crippen LogP contribution in [0.1, 0.15) is 32.6 Å². The van der Waals surface area contributed by atoms with E-state index in [0.717, 1.165) is 12.0 Å². The summed E-state index contributed by atoms with van der Waals surface area (Å²) in [5.74, 6) is -2.71. The minimum absolute atomic E-state index is 0.0402. The van der Waals surface area contributed by atoms with E-state index in [-0.39, 0.29) is 32.2 Å². The Bertz CT molecular complexity index is 1200. The van der Waals surface area contributed by atoms with Crippen molar-refractivity contribution in [2.24, 2.45) is 0 Å². The van der Waals surface area contributed by atoms with Crippen LogP contribution in [0.15, 0.2) is 0 Å². The lowest BCUT2D eigenvalue weighted by Crippen LogP contribution is -2.64. The Labute approximate surface area is 229 Å². The number of amides is 2. The first-order valence-corrected chi connectivity index (χ1v) is 15.1. The van der Waals surface area contributed by atoms with Crippen LogP contribution in [-0.4, -0.2) is 119 Å². The summed E-state index contributed by atoms with van der Waals surface area (Å²) in [6, 6.07) is 0. The van der Waals surface area contributed by atoms with E-state index in [1.54, 1.807) is 0 Å². The molecule has 0 aromatic heterocycles. The molecule has 40 heavy (non-hydrogen) atoms. The molecule has 0 aliphatic carbocycles. The lowest BCUT2D eigenvalue weighted by molar-refractivity contribution is -0.305. The molecule has 0 aromatic carbocycles. The predicted octanol–water partition coefficient (Wildman–Crippen LogP) is -4.83. The average molecular weight is 643 g/mol. The Kier molecular flexibility index (Phi) is 13.7. The molecular weight excluding hydrogens is 616 g/mol. The van der Waals surface area contributed by atoms with E-state index in [4.69, 9.17) is 9.47 Å². The van der Waals surface area contributed by atoms with Gasteiger partial charge in [-0.25, -0.2) is 25.3 Å². The number of carboxylic acid groups (broad SMARTS) is 1. The van der Waals surface area contributed by atoms with Crippen molar-refractivity contribution in [3.05, 3.63) is 0 Å². The molecule has 0 aromatic rings. The van der Waals surface area contributed by atoms with Gasteiger partial charge in [0.1, 0.15) is 18.3 Å². The van der Waals surface area contributed by atoms with E-state index < -0.39 is 92.8 Å². The summed E-state index contributed by atoms with van der Waals surface area (Å²) in [4.78, 5) is 36.3. The zero-order valence-electron chi connectivity index (χ0n) is 20.9. The van der Waals surface area contributed by atoms with Crippen molar-refractivity contribution in [3.63, 3.8) is 0 Å². The molecule has 0 radical (unpaired) electrons. The third-order valence-electron chi connectivity index (χ3n) is 5.10. The number of rotatable bonds is 17. The van der Waals surface area contributed by atoms with Gasteiger partial charge in [-0.1, -0.05) is 0 Å². The van der Waals surface area contributed by atoms with Crippen molar-refractivity contribution in [1.82, 2.24) is 10.2 Å². The van der Waals surface area contributed by atoms with Crippen molar-refractivity contribution in [3.8, 4) is 0 Å². The lowest BCUT2D eigenvalue weighted by Gasteiger charge is -2.45. The van der Waals surface area contributed by atoms with Gasteiger partial charge in [-0.15, -0.1) is 0 Å². The van der Waals surface area contributed by atoms with Gasteiger partial charge in [0.2, 0.25) is 43.0 Å². The first-order chi connectivity index (χ1) is 18.3. The first kappa shape index (κ1) is 36.0. The van der Waals surface area contributed by atoms with Gasteiger partial charge >= 0.3 is 0 Å². The number of carbonyl (C=O) groups is 3. The Morgan fingerprint density at radius 2 is 1.35 bits per heavy atom. The van der Waals surface area contributed by atoms with Crippen LogP contribution in [-0.2, 0) is 67.6 Å². The van der Waals surface area contributed by atoms with Crippen LogP contribution >= 0.6 is 0 Å². The van der Waals surface area contributed by atoms with Crippen molar-refractivity contribution in [2.75, 3.05) is 26.7 Å². The molecular formula is C17H26N2O18S3-4. The van der Waals surface area contributed by atoms with Gasteiger partial charge in [0.25, 0.3) is 0 Å². The molecule has 0 unspecified atom stereocenters. The quantitative estimate of drug-likeness (QED) is 0.0883. The number of unbranched alkanes of at least 4 members (excludes halogenated alkanes) is 1. The Morgan fingerprint density at radius 3 is 1.82 bits per heavy atom. The highest BCUT2D eigenvalue weighted by Crippen LogP contribution is 2.31. The molecule has 0 bridgehead atoms. The Hall–Kier alpha value is -2.06. The third-order valence-corrected chi connectivity index (χ3v) is 6.48. The molecule has 0 spiro atoms. The number of hydrogen-bond donors (Lipinski definition) is 1. The lowest BCUT2D eigenvalue weighted by atomic mass is 9.99. The largest absolute Gasteiger partial charge is 0.726 e. The van der Waals surface area contributed by atoms with E-state index in [0.29, 0.717) is 0 Å². The highest BCUT2D eigenvalue weighted by atomic mass is 32.3. The minimum atomic E-state index is -5.81. The molecule has 1 fully saturated rings. The number of carboxylic acids is 1. The fourth-order valence-corrected chi connectivity index (χ4v) is 4.96. The number of likely N-dealkylation sites (N-methyl/N-ethyl adjacent to an activating group) is 1. The number of nitrogens with one attached hydrogen (secondary N) is 1. The van der Waals surface area contributed by atoms with Crippen LogP contribution in [0.3, 0.4) is 0 Å². The van der Waals surface area contributed by atoms with Gasteiger partial charge in [-0.05, 0) is 26.2 Å². The van der Waals surface area contributed by atoms with E-state index >= 15 is 0 Å². The SMILES string of the molecule is CCN(CC(=O)NC[C@H]1O[C@H](OC)[C@@H](OS(=O)(=O)[O-])[C@@H](OS(=O)(=O)[O-])[C@@H]1OS(=O)(=O)[O-])C(=O)CCCCC(=O)[O-]. The number of methoxy groups -OCH3 is 1. The Balaban J connectivity index is 3.12. The summed E-state index contributed by atoms with van der Waals surface area (Å²) in [6.45, 7) is 0.166. The van der Waals surface area contributed by atoms with Crippen molar-refractivity contribution < 1.29 is 80.4 Å². The maximum absolute atomic E-state index is 12.5. The summed E-state index contributed by atoms with van der Waals surface area (Å²) in [7, 11) is -16.5. The fourth-order valence-electron chi connectivity index (χ4n) is 3.49. The summed E-state index contributed by atoms with van der Waals surface area (Å²) in [5.41, 5.74) is 0. The molecule has 2 amide bonds. The molecule has 1 saturated heterocycles. The summed E-state index contributed by atoms with van der Waals surface area (Å²) in [6.07, 6.45) is -11.6. The number of aliphatic carboxylic acids is 1. The Morgan fingerprint density at radius 1 is 0.850 bits per heavy atom. The van der Waals surface area contributed by atoms with E-state index in [9.17, 15) is 58.4 Å². The van der Waals surface area contributed by atoms with Gasteiger partial charge in [-0.3, -0.25) is 22.1 Å². The van der Waals surface area contributed by atoms with Crippen molar-refractivity contribution in [2.45, 2.75) is 63.3 Å². The van der Waals surface area contributed by atoms with Crippen LogP contribution < -0.4 is 10.4 Å². The number of carbonyl (C=O) groups excluding carboxylic acids is 3. The highest BCUT2D eigenvalue weighted by molar-refractivity contribution is 7.81. The summed E-state index contributed by atoms with van der Waals surface area (Å²) < 4.78 is 124. The van der Waals surface area contributed by atoms with Gasteiger partial charge in [0, 0.05) is 32.6 Å². The van der Waals surface area contributed by atoms with E-state index in [1.165, 1.54) is 6.92 Å². The third kappa shape index (κ3) is 13.5. The van der Waals surface area contributed by atoms with Crippen LogP contribution in [0.4, 0.5) is 0 Å². The van der Waals surface area contributed by atoms with Crippen LogP contribution in [0.5, 0.6) is 0 Å². The number of nitrogens with zero attached hydrogens (tertiary/aromatic N) is 1. The molecule has 1 N–H and O–H groups in total. The smallest absolute Gasteiger partial charge is 0.239 e. The molecule has 1 heterocycles. The topological polar surface area (TPSA) is 307 Å². The summed E-state index contributed by atoms with van der Waals surface area (Å²) in [5, 5.41) is 12.6. The zero-order valence-corrected chi connectivity index (χ0v) is 23.3. The van der Waals surface area contributed by atoms with Crippen LogP contribution in [0.2, 0.25) is 0 Å². The monoisotopic (exact) mass is 642 g/mol. The maximum Gasteiger partial charge on any atom is 0.239 e. The van der Waals surface area contributed by atoms with Gasteiger partial charge in [0.05, 0.1) is 6.54 Å². The average Bonchev–Trinajstić information content (AvgIpc) is 2.79. The fraction of sp³-hybridized carbons (Fsp3) is 0.824. The molecule has 0 saturated carbocycles. The maximum atomic E-state index is 12.5. The van der Waals surface area contributed by atoms with Gasteiger partial charge in [0.15, 0.2) is 12.4 Å². The molecule has 1 aliphatic heterocycles. The predicted molar refractivity (Wildman–Crippen MR) is 118 cm³/mol. The van der Waals surface area contributed by atoms with Crippen LogP contribution in [0, 0.1) is 0 Å². The first-order valence-electron chi connectivity index (χ1n) is 11.1. The standard InChI is InChI=1S/C17H30N2O18S3/c1-3-19(12(21)6-4-5-7-13(22)23)9-11(20)18-8-10-14(35-38(24,25)26)15(36-39(27,28)29)16(17(33-2)34-10)37-40(30,31)32/h10,14-17H,3-9H2,1-2H3,(H,18,20)(H,22,23)(H,24,25,26)(H,27,28,29)(H,30,31,32)/p-4/t10-,14-,15+,16+,17+/m1/s1. The molecule has 5 atom stereocenters. The van der Waals surface area contributed by atoms with E-state index in [1.807, 2.05) is 0 Å². The molecule has 23 heteroatoms. The van der Waals surface area contributed by atoms with Gasteiger partial charge in [-0.2, -0.15) is 0 Å². The second-order valence-corrected chi connectivity index (χ2v) is 11.0. The van der Waals surface area contributed by atoms with E-state index in [2.05, 4.69) is 17.9 Å². The molecule has 20 nitrogen and oxygen atoms in total. The normalized spacial score (nSPS) is 23.9. The number of ether oxygens (including phenoxy) is 2. The molecule has 234 valence electrons. The van der Waals surface area contributed by atoms with Crippen molar-refractivity contribution in [1.29, 1.82) is 0 Å². The van der Waals surface area contributed by atoms with Crippen LogP contribution in [0.25, 0.3) is 0 Å². The molecule has 1 rings (SSSR count). The second-order valence-electron chi connectivity index (χ2n) is 7.98. The second kappa shape index (κ2) is 15.2. The summed E-state index contributed by atoms with van der Waals surface area (Å²) >= 11 is 0. The zero-order chi connectivity index (χ0) is 30.9. The highest BCUT2D eigenvalue weighted by Gasteiger charge is 2.51. The van der Waals surface area contributed by atoms with Gasteiger partial charge < -0.3 is 43.2 Å².